The van der Waals surface area contributed by atoms with E-state index < -0.39 is 17.6 Å². The normalized spacial score (nSPS) is 23.5. The third-order valence-corrected chi connectivity index (χ3v) is 10.1. The molecule has 1 saturated carbocycles. The molecule has 2 fully saturated rings. The number of likely N-dealkylation sites (tertiary alicyclic amines) is 1. The minimum atomic E-state index is -1.34. The number of carbonyl (C=O) groups is 1. The summed E-state index contributed by atoms with van der Waals surface area (Å²) in [6.45, 7) is 3.81. The van der Waals surface area contributed by atoms with E-state index in [9.17, 15) is 9.90 Å². The zero-order valence-electron chi connectivity index (χ0n) is 24.3. The number of nitrogens with zero attached hydrogens (tertiary/aromatic N) is 5. The first-order chi connectivity index (χ1) is 21.8. The first-order valence-electron chi connectivity index (χ1n) is 14.9. The molecule has 4 atom stereocenters. The summed E-state index contributed by atoms with van der Waals surface area (Å²) in [7, 11) is 0. The number of carboxylic acids is 1. The van der Waals surface area contributed by atoms with E-state index in [1.807, 2.05) is 24.4 Å². The average molecular weight is 622 g/mol. The summed E-state index contributed by atoms with van der Waals surface area (Å²) in [5.74, 6) is 0.0278. The van der Waals surface area contributed by atoms with Gasteiger partial charge in [-0.2, -0.15) is 5.26 Å². The first kappa shape index (κ1) is 27.7. The fraction of sp³-hybridized carbons (Fsp3) is 0.294. The summed E-state index contributed by atoms with van der Waals surface area (Å²) >= 11 is 1.57. The standard InChI is InChI=1S/C34H28FN5O4S/c1-34(25-7-5-19(14-36)11-26(25)35)43-30-4-2-3-23(32(30)44-34)22-9-10-39(28-13-24(22)28)17-31-38-27-8-6-20(33(41)42)12-29(27)40(31)16-21-15-37-18-45-21/h2-8,11-12,15,18,22,24,28H,9-10,13,16-17H2,1H3,(H,41,42)/t22-,24-,28-,34-/m0/s1. The van der Waals surface area contributed by atoms with E-state index in [0.717, 1.165) is 46.7 Å². The lowest BCUT2D eigenvalue weighted by Crippen LogP contribution is -2.35. The van der Waals surface area contributed by atoms with E-state index in [2.05, 4.69) is 20.5 Å². The molecule has 0 amide bonds. The second-order valence-electron chi connectivity index (χ2n) is 12.1. The number of para-hydroxylation sites is 1. The summed E-state index contributed by atoms with van der Waals surface area (Å²) in [5, 5.41) is 18.8. The van der Waals surface area contributed by atoms with Gasteiger partial charge in [-0.25, -0.2) is 14.2 Å². The van der Waals surface area contributed by atoms with Gasteiger partial charge in [0.15, 0.2) is 11.5 Å². The molecular weight excluding hydrogens is 593 g/mol. The minimum absolute atomic E-state index is 0.238. The van der Waals surface area contributed by atoms with Crippen molar-refractivity contribution < 1.29 is 23.8 Å². The topological polar surface area (TPSA) is 114 Å². The summed E-state index contributed by atoms with van der Waals surface area (Å²) in [6, 6.07) is 17.7. The molecule has 3 aromatic carbocycles. The van der Waals surface area contributed by atoms with Crippen LogP contribution in [0.4, 0.5) is 4.39 Å². The monoisotopic (exact) mass is 621 g/mol. The van der Waals surface area contributed by atoms with Gasteiger partial charge in [0.2, 0.25) is 0 Å². The van der Waals surface area contributed by atoms with Crippen molar-refractivity contribution in [2.45, 2.75) is 50.6 Å². The summed E-state index contributed by atoms with van der Waals surface area (Å²) in [4.78, 5) is 24.5. The molecule has 1 saturated heterocycles. The predicted octanol–water partition coefficient (Wildman–Crippen LogP) is 6.27. The van der Waals surface area contributed by atoms with Crippen LogP contribution in [0.5, 0.6) is 11.5 Å². The molecule has 1 aliphatic carbocycles. The van der Waals surface area contributed by atoms with Gasteiger partial charge in [0, 0.05) is 29.6 Å². The van der Waals surface area contributed by atoms with Crippen LogP contribution in [0.1, 0.15) is 63.4 Å². The summed E-state index contributed by atoms with van der Waals surface area (Å²) in [6.07, 6.45) is 3.81. The molecular formula is C34H28FN5O4S. The SMILES string of the molecule is C[C@]1(c2ccc(C#N)cc2F)Oc2cccc([C@@H]3CCN(Cc4nc5ccc(C(=O)O)cc5n4Cc4cncs4)[C@H]4C[C@@H]34)c2O1. The Hall–Kier alpha value is -4.79. The van der Waals surface area contributed by atoms with Crippen LogP contribution in [-0.2, 0) is 18.9 Å². The minimum Gasteiger partial charge on any atom is -0.478 e. The molecule has 0 radical (unpaired) electrons. The maximum absolute atomic E-state index is 15.0. The summed E-state index contributed by atoms with van der Waals surface area (Å²) in [5.41, 5.74) is 5.19. The Kier molecular flexibility index (Phi) is 6.41. The highest BCUT2D eigenvalue weighted by Gasteiger charge is 2.52. The number of carboxylic acid groups (broad SMARTS) is 1. The Morgan fingerprint density at radius 1 is 1.20 bits per heavy atom. The Bertz CT molecular complexity index is 2020. The molecule has 45 heavy (non-hydrogen) atoms. The molecule has 0 bridgehead atoms. The lowest BCUT2D eigenvalue weighted by Gasteiger charge is -2.32. The van der Waals surface area contributed by atoms with E-state index in [1.165, 1.54) is 6.07 Å². The fourth-order valence-electron chi connectivity index (χ4n) is 7.08. The smallest absolute Gasteiger partial charge is 0.335 e. The van der Waals surface area contributed by atoms with Crippen molar-refractivity contribution in [3.63, 3.8) is 0 Å². The second kappa shape index (κ2) is 10.4. The number of imidazole rings is 1. The molecule has 2 aliphatic heterocycles. The molecule has 11 heteroatoms. The van der Waals surface area contributed by atoms with Gasteiger partial charge in [0.1, 0.15) is 11.6 Å². The maximum atomic E-state index is 15.0. The van der Waals surface area contributed by atoms with Crippen LogP contribution < -0.4 is 9.47 Å². The molecule has 226 valence electrons. The highest BCUT2D eigenvalue weighted by molar-refractivity contribution is 7.09. The van der Waals surface area contributed by atoms with Gasteiger partial charge in [-0.05, 0) is 73.7 Å². The van der Waals surface area contributed by atoms with Gasteiger partial charge in [-0.15, -0.1) is 11.3 Å². The van der Waals surface area contributed by atoms with Crippen LogP contribution >= 0.6 is 11.3 Å². The average Bonchev–Trinajstić information content (AvgIpc) is 3.34. The first-order valence-corrected chi connectivity index (χ1v) is 15.7. The number of halogens is 1. The van der Waals surface area contributed by atoms with Crippen LogP contribution in [0, 0.1) is 23.1 Å². The van der Waals surface area contributed by atoms with Gasteiger partial charge in [0.25, 0.3) is 5.79 Å². The number of hydrogen-bond donors (Lipinski definition) is 1. The third kappa shape index (κ3) is 4.72. The molecule has 1 N–H and O–H groups in total. The van der Waals surface area contributed by atoms with Crippen LogP contribution in [-0.4, -0.2) is 43.1 Å². The lowest BCUT2D eigenvalue weighted by molar-refractivity contribution is -0.0712. The third-order valence-electron chi connectivity index (χ3n) is 9.33. The van der Waals surface area contributed by atoms with Crippen molar-refractivity contribution in [3.8, 4) is 17.6 Å². The van der Waals surface area contributed by atoms with E-state index >= 15 is 4.39 Å². The molecule has 5 aromatic rings. The van der Waals surface area contributed by atoms with Crippen molar-refractivity contribution in [1.29, 1.82) is 5.26 Å². The second-order valence-corrected chi connectivity index (χ2v) is 13.0. The molecule has 0 unspecified atom stereocenters. The number of ether oxygens (including phenoxy) is 2. The number of nitriles is 1. The predicted molar refractivity (Wildman–Crippen MR) is 164 cm³/mol. The van der Waals surface area contributed by atoms with Crippen LogP contribution in [0.25, 0.3) is 11.0 Å². The molecule has 4 heterocycles. The van der Waals surface area contributed by atoms with Crippen molar-refractivity contribution in [2.75, 3.05) is 6.54 Å². The van der Waals surface area contributed by atoms with Gasteiger partial charge < -0.3 is 19.1 Å². The molecule has 0 spiro atoms. The van der Waals surface area contributed by atoms with Crippen molar-refractivity contribution >= 4 is 28.3 Å². The van der Waals surface area contributed by atoms with Crippen LogP contribution in [0.2, 0.25) is 0 Å². The van der Waals surface area contributed by atoms with Gasteiger partial charge in [-0.1, -0.05) is 12.1 Å². The van der Waals surface area contributed by atoms with Crippen molar-refractivity contribution in [2.24, 2.45) is 5.92 Å². The number of benzene rings is 3. The van der Waals surface area contributed by atoms with E-state index in [-0.39, 0.29) is 22.6 Å². The number of piperidine rings is 1. The number of aromatic carboxylic acids is 1. The molecule has 3 aliphatic rings. The number of fused-ring (bicyclic) bond motifs is 3. The number of rotatable bonds is 7. The highest BCUT2D eigenvalue weighted by Crippen LogP contribution is 2.57. The highest BCUT2D eigenvalue weighted by atomic mass is 32.1. The molecule has 2 aromatic heterocycles. The largest absolute Gasteiger partial charge is 0.478 e. The van der Waals surface area contributed by atoms with E-state index in [0.29, 0.717) is 36.5 Å². The number of thiazole rings is 1. The van der Waals surface area contributed by atoms with Crippen molar-refractivity contribution in [3.05, 3.63) is 105 Å². The van der Waals surface area contributed by atoms with Crippen LogP contribution in [0.3, 0.4) is 0 Å². The lowest BCUT2D eigenvalue weighted by atomic mass is 9.87. The Morgan fingerprint density at radius 3 is 2.87 bits per heavy atom. The molecule has 8 rings (SSSR count). The van der Waals surface area contributed by atoms with Crippen molar-refractivity contribution in [1.82, 2.24) is 19.4 Å². The quantitative estimate of drug-likeness (QED) is 0.226. The van der Waals surface area contributed by atoms with E-state index in [4.69, 9.17) is 19.7 Å². The van der Waals surface area contributed by atoms with Gasteiger partial charge in [0.05, 0.1) is 52.4 Å². The number of aromatic nitrogens is 3. The Labute approximate surface area is 262 Å². The van der Waals surface area contributed by atoms with E-state index in [1.54, 1.807) is 54.1 Å². The van der Waals surface area contributed by atoms with Crippen LogP contribution in [0.15, 0.2) is 66.3 Å². The fourth-order valence-corrected chi connectivity index (χ4v) is 7.67. The summed E-state index contributed by atoms with van der Waals surface area (Å²) < 4.78 is 29.8. The zero-order chi connectivity index (χ0) is 30.9. The zero-order valence-corrected chi connectivity index (χ0v) is 25.1. The molecule has 9 nitrogen and oxygen atoms in total. The maximum Gasteiger partial charge on any atom is 0.335 e. The number of hydrogen-bond acceptors (Lipinski definition) is 8. The van der Waals surface area contributed by atoms with Gasteiger partial charge in [-0.3, -0.25) is 9.88 Å². The Balaban J connectivity index is 1.04. The van der Waals surface area contributed by atoms with Gasteiger partial charge >= 0.3 is 5.97 Å². The Morgan fingerprint density at radius 2 is 2.09 bits per heavy atom.